The Hall–Kier alpha value is -1.81. The van der Waals surface area contributed by atoms with E-state index in [1.54, 1.807) is 0 Å². The van der Waals surface area contributed by atoms with Crippen molar-refractivity contribution in [2.75, 3.05) is 17.2 Å². The van der Waals surface area contributed by atoms with Crippen LogP contribution in [0.5, 0.6) is 0 Å². The first-order chi connectivity index (χ1) is 10.1. The van der Waals surface area contributed by atoms with Gasteiger partial charge in [0.1, 0.15) is 0 Å². The van der Waals surface area contributed by atoms with Crippen molar-refractivity contribution in [3.05, 3.63) is 58.6 Å². The van der Waals surface area contributed by atoms with Crippen molar-refractivity contribution >= 4 is 33.2 Å². The number of halogens is 1. The summed E-state index contributed by atoms with van der Waals surface area (Å²) in [5.41, 5.74) is 2.94. The van der Waals surface area contributed by atoms with E-state index in [0.717, 1.165) is 21.4 Å². The van der Waals surface area contributed by atoms with E-state index in [-0.39, 0.29) is 12.5 Å². The molecule has 2 rings (SSSR count). The van der Waals surface area contributed by atoms with Crippen LogP contribution in [0.3, 0.4) is 0 Å². The van der Waals surface area contributed by atoms with Gasteiger partial charge in [0.25, 0.3) is 0 Å². The molecule has 2 aromatic rings. The van der Waals surface area contributed by atoms with Crippen LogP contribution in [0, 0.1) is 0 Å². The molecule has 3 nitrogen and oxygen atoms in total. The average Bonchev–Trinajstić information content (AvgIpc) is 2.45. The fraction of sp³-hybridized carbons (Fsp3) is 0.235. The van der Waals surface area contributed by atoms with E-state index in [0.29, 0.717) is 5.92 Å². The van der Waals surface area contributed by atoms with E-state index < -0.39 is 0 Å². The monoisotopic (exact) mass is 346 g/mol. The summed E-state index contributed by atoms with van der Waals surface area (Å²) < 4.78 is 0.984. The quantitative estimate of drug-likeness (QED) is 0.828. The molecule has 4 heteroatoms. The van der Waals surface area contributed by atoms with Gasteiger partial charge in [0.05, 0.1) is 6.54 Å². The van der Waals surface area contributed by atoms with E-state index in [4.69, 9.17) is 0 Å². The Labute approximate surface area is 133 Å². The lowest BCUT2D eigenvalue weighted by Gasteiger charge is -2.14. The minimum atomic E-state index is -0.0527. The molecule has 0 radical (unpaired) electrons. The smallest absolute Gasteiger partial charge is 0.243 e. The van der Waals surface area contributed by atoms with Crippen LogP contribution in [0.25, 0.3) is 0 Å². The van der Waals surface area contributed by atoms with Crippen molar-refractivity contribution in [1.82, 2.24) is 0 Å². The Balaban J connectivity index is 1.96. The molecule has 2 N–H and O–H groups in total. The maximum Gasteiger partial charge on any atom is 0.243 e. The minimum absolute atomic E-state index is 0.0527. The van der Waals surface area contributed by atoms with E-state index in [2.05, 4.69) is 40.4 Å². The van der Waals surface area contributed by atoms with E-state index in [9.17, 15) is 4.79 Å². The predicted octanol–water partition coefficient (Wildman–Crippen LogP) is 4.62. The average molecular weight is 347 g/mol. The van der Waals surface area contributed by atoms with E-state index in [1.807, 2.05) is 48.5 Å². The maximum absolute atomic E-state index is 12.1. The second-order valence-electron chi connectivity index (χ2n) is 5.15. The zero-order valence-corrected chi connectivity index (χ0v) is 13.8. The molecule has 0 aliphatic heterocycles. The number of hydrogen-bond donors (Lipinski definition) is 2. The normalized spacial score (nSPS) is 10.5. The molecule has 0 unspecified atom stereocenters. The Morgan fingerprint density at radius 2 is 1.90 bits per heavy atom. The molecule has 0 heterocycles. The number of carbonyl (C=O) groups excluding carboxylic acids is 1. The molecule has 0 spiro atoms. The molecule has 2 aromatic carbocycles. The van der Waals surface area contributed by atoms with Crippen LogP contribution in [0.4, 0.5) is 11.4 Å². The molecular formula is C17H19BrN2O. The lowest BCUT2D eigenvalue weighted by atomic mass is 10.0. The molecule has 110 valence electrons. The number of anilines is 2. The van der Waals surface area contributed by atoms with E-state index in [1.165, 1.54) is 0 Å². The maximum atomic E-state index is 12.1. The van der Waals surface area contributed by atoms with Crippen molar-refractivity contribution in [3.63, 3.8) is 0 Å². The van der Waals surface area contributed by atoms with Gasteiger partial charge in [-0.2, -0.15) is 0 Å². The predicted molar refractivity (Wildman–Crippen MR) is 91.8 cm³/mol. The van der Waals surface area contributed by atoms with Crippen LogP contribution >= 0.6 is 15.9 Å². The van der Waals surface area contributed by atoms with Crippen LogP contribution in [0.2, 0.25) is 0 Å². The molecule has 0 saturated carbocycles. The van der Waals surface area contributed by atoms with Gasteiger partial charge in [0.15, 0.2) is 0 Å². The Morgan fingerprint density at radius 1 is 1.14 bits per heavy atom. The lowest BCUT2D eigenvalue weighted by molar-refractivity contribution is -0.114. The third-order valence-electron chi connectivity index (χ3n) is 3.13. The number of nitrogens with one attached hydrogen (secondary N) is 2. The summed E-state index contributed by atoms with van der Waals surface area (Å²) in [5, 5.41) is 6.08. The van der Waals surface area contributed by atoms with Gasteiger partial charge in [0.2, 0.25) is 5.91 Å². The van der Waals surface area contributed by atoms with Crippen molar-refractivity contribution in [1.29, 1.82) is 0 Å². The van der Waals surface area contributed by atoms with Crippen LogP contribution < -0.4 is 10.6 Å². The highest BCUT2D eigenvalue weighted by Crippen LogP contribution is 2.23. The second kappa shape index (κ2) is 7.27. The zero-order valence-electron chi connectivity index (χ0n) is 12.2. The summed E-state index contributed by atoms with van der Waals surface area (Å²) >= 11 is 3.41. The van der Waals surface area contributed by atoms with Gasteiger partial charge in [-0.25, -0.2) is 0 Å². The van der Waals surface area contributed by atoms with Gasteiger partial charge in [-0.3, -0.25) is 4.79 Å². The highest BCUT2D eigenvalue weighted by molar-refractivity contribution is 9.10. The Bertz CT molecular complexity index is 626. The van der Waals surface area contributed by atoms with Gasteiger partial charge in [-0.1, -0.05) is 54.0 Å². The largest absolute Gasteiger partial charge is 0.376 e. The molecule has 21 heavy (non-hydrogen) atoms. The van der Waals surface area contributed by atoms with Gasteiger partial charge < -0.3 is 10.6 Å². The summed E-state index contributed by atoms with van der Waals surface area (Å²) in [5.74, 6) is 0.322. The van der Waals surface area contributed by atoms with Crippen LogP contribution in [-0.4, -0.2) is 12.5 Å². The first kappa shape index (κ1) is 15.6. The summed E-state index contributed by atoms with van der Waals surface area (Å²) in [6.45, 7) is 4.47. The lowest BCUT2D eigenvalue weighted by Crippen LogP contribution is -2.22. The Kier molecular flexibility index (Phi) is 5.39. The molecule has 0 aliphatic carbocycles. The van der Waals surface area contributed by atoms with Crippen LogP contribution in [0.15, 0.2) is 53.0 Å². The zero-order chi connectivity index (χ0) is 15.2. The van der Waals surface area contributed by atoms with Crippen LogP contribution in [0.1, 0.15) is 25.3 Å². The fourth-order valence-corrected chi connectivity index (χ4v) is 2.49. The molecule has 0 bridgehead atoms. The number of benzene rings is 2. The van der Waals surface area contributed by atoms with Gasteiger partial charge in [-0.15, -0.1) is 0 Å². The standard InChI is InChI=1S/C17H19BrN2O/c1-12(2)15-8-3-4-9-16(15)20-17(21)11-19-14-7-5-6-13(18)10-14/h3-10,12,19H,11H2,1-2H3,(H,20,21). The fourth-order valence-electron chi connectivity index (χ4n) is 2.09. The number of rotatable bonds is 5. The molecule has 0 saturated heterocycles. The van der Waals surface area contributed by atoms with Crippen LogP contribution in [-0.2, 0) is 4.79 Å². The number of carbonyl (C=O) groups is 1. The molecule has 0 aliphatic rings. The van der Waals surface area contributed by atoms with E-state index >= 15 is 0 Å². The first-order valence-electron chi connectivity index (χ1n) is 6.94. The minimum Gasteiger partial charge on any atom is -0.376 e. The van der Waals surface area contributed by atoms with Gasteiger partial charge in [0, 0.05) is 15.8 Å². The summed E-state index contributed by atoms with van der Waals surface area (Å²) in [6.07, 6.45) is 0. The third kappa shape index (κ3) is 4.60. The topological polar surface area (TPSA) is 41.1 Å². The van der Waals surface area contributed by atoms with Crippen molar-refractivity contribution in [2.45, 2.75) is 19.8 Å². The molecule has 0 atom stereocenters. The second-order valence-corrected chi connectivity index (χ2v) is 6.07. The van der Waals surface area contributed by atoms with Gasteiger partial charge in [-0.05, 0) is 35.7 Å². The Morgan fingerprint density at radius 3 is 2.62 bits per heavy atom. The van der Waals surface area contributed by atoms with Crippen molar-refractivity contribution < 1.29 is 4.79 Å². The first-order valence-corrected chi connectivity index (χ1v) is 7.74. The number of para-hydroxylation sites is 1. The van der Waals surface area contributed by atoms with Gasteiger partial charge >= 0.3 is 0 Å². The number of hydrogen-bond acceptors (Lipinski definition) is 2. The summed E-state index contributed by atoms with van der Waals surface area (Å²) in [6, 6.07) is 15.7. The van der Waals surface area contributed by atoms with Crippen molar-refractivity contribution in [2.24, 2.45) is 0 Å². The molecule has 0 fully saturated rings. The highest BCUT2D eigenvalue weighted by atomic mass is 79.9. The highest BCUT2D eigenvalue weighted by Gasteiger charge is 2.08. The third-order valence-corrected chi connectivity index (χ3v) is 3.63. The number of amides is 1. The molecule has 0 aromatic heterocycles. The van der Waals surface area contributed by atoms with Crippen molar-refractivity contribution in [3.8, 4) is 0 Å². The molecular weight excluding hydrogens is 328 g/mol. The summed E-state index contributed by atoms with van der Waals surface area (Å²) in [4.78, 5) is 12.1. The SMILES string of the molecule is CC(C)c1ccccc1NC(=O)CNc1cccc(Br)c1. The molecule has 1 amide bonds. The summed E-state index contributed by atoms with van der Waals surface area (Å²) in [7, 11) is 0.